The number of benzene rings is 2. The van der Waals surface area contributed by atoms with Gasteiger partial charge in [-0.3, -0.25) is 13.9 Å². The van der Waals surface area contributed by atoms with E-state index in [4.69, 9.17) is 4.74 Å². The molecule has 0 fully saturated rings. The zero-order valence-corrected chi connectivity index (χ0v) is 14.6. The quantitative estimate of drug-likeness (QED) is 0.772. The topological polar surface area (TPSA) is 65.3 Å². The van der Waals surface area contributed by atoms with Gasteiger partial charge < -0.3 is 10.1 Å². The van der Waals surface area contributed by atoms with E-state index in [0.29, 0.717) is 12.3 Å². The summed E-state index contributed by atoms with van der Waals surface area (Å²) in [6, 6.07) is 13.3. The number of imidazole rings is 1. The molecule has 1 aromatic heterocycles. The fraction of sp³-hybridized carbons (Fsp3) is 0.263. The molecule has 6 heteroatoms. The van der Waals surface area contributed by atoms with Crippen LogP contribution in [0.3, 0.4) is 0 Å². The number of ether oxygens (including phenoxy) is 1. The van der Waals surface area contributed by atoms with Crippen LogP contribution in [0.5, 0.6) is 5.75 Å². The summed E-state index contributed by atoms with van der Waals surface area (Å²) in [5, 5.41) is 2.83. The Morgan fingerprint density at radius 1 is 1.04 bits per heavy atom. The van der Waals surface area contributed by atoms with E-state index in [2.05, 4.69) is 5.32 Å². The van der Waals surface area contributed by atoms with Crippen molar-refractivity contribution in [1.82, 2.24) is 14.5 Å². The van der Waals surface area contributed by atoms with Crippen LogP contribution in [-0.2, 0) is 25.4 Å². The number of carbonyl (C=O) groups is 1. The second-order valence-electron chi connectivity index (χ2n) is 6.10. The van der Waals surface area contributed by atoms with Crippen molar-refractivity contribution >= 4 is 16.9 Å². The molecule has 3 aromatic rings. The summed E-state index contributed by atoms with van der Waals surface area (Å²) in [6.07, 6.45) is 0. The molecule has 1 heterocycles. The van der Waals surface area contributed by atoms with Gasteiger partial charge in [0.2, 0.25) is 0 Å². The average Bonchev–Trinajstić information content (AvgIpc) is 2.83. The van der Waals surface area contributed by atoms with E-state index in [9.17, 15) is 9.59 Å². The summed E-state index contributed by atoms with van der Waals surface area (Å²) < 4.78 is 8.66. The number of nitrogens with zero attached hydrogens (tertiary/aromatic N) is 2. The molecule has 1 amide bonds. The third kappa shape index (κ3) is 3.57. The molecule has 2 aromatic carbocycles. The number of amides is 1. The minimum Gasteiger partial charge on any atom is -0.484 e. The first-order chi connectivity index (χ1) is 12.0. The lowest BCUT2D eigenvalue weighted by Gasteiger charge is -2.08. The van der Waals surface area contributed by atoms with Crippen molar-refractivity contribution in [2.24, 2.45) is 14.1 Å². The van der Waals surface area contributed by atoms with Gasteiger partial charge in [0, 0.05) is 20.6 Å². The van der Waals surface area contributed by atoms with Gasteiger partial charge in [-0.05, 0) is 36.8 Å². The predicted octanol–water partition coefficient (Wildman–Crippen LogP) is 1.88. The van der Waals surface area contributed by atoms with Gasteiger partial charge in [-0.15, -0.1) is 0 Å². The largest absolute Gasteiger partial charge is 0.484 e. The van der Waals surface area contributed by atoms with Gasteiger partial charge in [0.1, 0.15) is 5.75 Å². The summed E-state index contributed by atoms with van der Waals surface area (Å²) in [5.41, 5.74) is 3.71. The zero-order valence-electron chi connectivity index (χ0n) is 14.6. The number of hydrogen-bond acceptors (Lipinski definition) is 3. The maximum Gasteiger partial charge on any atom is 0.328 e. The van der Waals surface area contributed by atoms with E-state index in [0.717, 1.165) is 22.2 Å². The van der Waals surface area contributed by atoms with Gasteiger partial charge >= 0.3 is 5.69 Å². The smallest absolute Gasteiger partial charge is 0.328 e. The monoisotopic (exact) mass is 339 g/mol. The normalized spacial score (nSPS) is 10.8. The molecule has 0 saturated heterocycles. The second kappa shape index (κ2) is 6.84. The molecule has 6 nitrogen and oxygen atoms in total. The Bertz CT molecular complexity index is 968. The molecule has 0 bridgehead atoms. The molecule has 0 saturated carbocycles. The van der Waals surface area contributed by atoms with Crippen LogP contribution >= 0.6 is 0 Å². The Hall–Kier alpha value is -3.02. The second-order valence-corrected chi connectivity index (χ2v) is 6.10. The maximum absolute atomic E-state index is 11.9. The summed E-state index contributed by atoms with van der Waals surface area (Å²) in [7, 11) is 3.48. The highest BCUT2D eigenvalue weighted by molar-refractivity contribution is 5.79. The molecule has 0 aliphatic carbocycles. The fourth-order valence-electron chi connectivity index (χ4n) is 2.70. The van der Waals surface area contributed by atoms with Crippen molar-refractivity contribution in [2.75, 3.05) is 6.61 Å². The summed E-state index contributed by atoms with van der Waals surface area (Å²) in [6.45, 7) is 2.35. The van der Waals surface area contributed by atoms with Crippen LogP contribution in [0.25, 0.3) is 11.0 Å². The zero-order chi connectivity index (χ0) is 18.0. The molecule has 0 atom stereocenters. The van der Waals surface area contributed by atoms with Gasteiger partial charge in [0.25, 0.3) is 5.91 Å². The lowest BCUT2D eigenvalue weighted by molar-refractivity contribution is -0.123. The molecular formula is C19H21N3O3. The molecular weight excluding hydrogens is 318 g/mol. The first-order valence-electron chi connectivity index (χ1n) is 8.06. The molecule has 1 N–H and O–H groups in total. The van der Waals surface area contributed by atoms with E-state index in [1.54, 1.807) is 23.2 Å². The Morgan fingerprint density at radius 2 is 1.72 bits per heavy atom. The Kier molecular flexibility index (Phi) is 4.61. The van der Waals surface area contributed by atoms with Gasteiger partial charge in [0.15, 0.2) is 6.61 Å². The Balaban J connectivity index is 1.60. The van der Waals surface area contributed by atoms with Crippen LogP contribution < -0.4 is 15.7 Å². The molecule has 0 unspecified atom stereocenters. The first-order valence-corrected chi connectivity index (χ1v) is 8.06. The van der Waals surface area contributed by atoms with Crippen LogP contribution in [0.15, 0.2) is 47.3 Å². The Labute approximate surface area is 145 Å². The minimum atomic E-state index is -0.192. The summed E-state index contributed by atoms with van der Waals surface area (Å²) >= 11 is 0. The molecule has 0 aliphatic heterocycles. The standard InChI is InChI=1S/C19H21N3O3/c1-13-4-7-15(8-5-13)25-12-18(23)20-11-14-6-9-16-17(10-14)22(3)19(24)21(16)2/h4-10H,11-12H2,1-3H3,(H,20,23). The van der Waals surface area contributed by atoms with E-state index >= 15 is 0 Å². The first kappa shape index (κ1) is 16.8. The third-order valence-corrected chi connectivity index (χ3v) is 4.22. The highest BCUT2D eigenvalue weighted by Crippen LogP contribution is 2.14. The van der Waals surface area contributed by atoms with E-state index in [-0.39, 0.29) is 18.2 Å². The number of fused-ring (bicyclic) bond motifs is 1. The van der Waals surface area contributed by atoms with Crippen LogP contribution in [0, 0.1) is 6.92 Å². The van der Waals surface area contributed by atoms with Crippen molar-refractivity contribution < 1.29 is 9.53 Å². The van der Waals surface area contributed by atoms with Gasteiger partial charge in [-0.25, -0.2) is 4.79 Å². The lowest BCUT2D eigenvalue weighted by atomic mass is 10.2. The summed E-state index contributed by atoms with van der Waals surface area (Å²) in [4.78, 5) is 23.9. The number of aryl methyl sites for hydroxylation is 3. The van der Waals surface area contributed by atoms with Gasteiger partial charge in [0.05, 0.1) is 11.0 Å². The van der Waals surface area contributed by atoms with Crippen molar-refractivity contribution in [2.45, 2.75) is 13.5 Å². The molecule has 0 aliphatic rings. The molecule has 25 heavy (non-hydrogen) atoms. The van der Waals surface area contributed by atoms with Gasteiger partial charge in [-0.1, -0.05) is 23.8 Å². The maximum atomic E-state index is 11.9. The highest BCUT2D eigenvalue weighted by atomic mass is 16.5. The molecule has 3 rings (SSSR count). The Morgan fingerprint density at radius 3 is 2.44 bits per heavy atom. The number of aromatic nitrogens is 2. The fourth-order valence-corrected chi connectivity index (χ4v) is 2.70. The van der Waals surface area contributed by atoms with Crippen LogP contribution in [0.2, 0.25) is 0 Å². The van der Waals surface area contributed by atoms with Crippen molar-refractivity contribution in [3.63, 3.8) is 0 Å². The third-order valence-electron chi connectivity index (χ3n) is 4.22. The van der Waals surface area contributed by atoms with Gasteiger partial charge in [-0.2, -0.15) is 0 Å². The number of rotatable bonds is 5. The van der Waals surface area contributed by atoms with E-state index in [1.807, 2.05) is 49.4 Å². The average molecular weight is 339 g/mol. The SMILES string of the molecule is Cc1ccc(OCC(=O)NCc2ccc3c(c2)n(C)c(=O)n3C)cc1. The van der Waals surface area contributed by atoms with Crippen molar-refractivity contribution in [1.29, 1.82) is 0 Å². The molecule has 0 spiro atoms. The van der Waals surface area contributed by atoms with Crippen LogP contribution in [0.1, 0.15) is 11.1 Å². The van der Waals surface area contributed by atoms with E-state index in [1.165, 1.54) is 0 Å². The molecule has 130 valence electrons. The van der Waals surface area contributed by atoms with Crippen molar-refractivity contribution in [3.8, 4) is 5.75 Å². The van der Waals surface area contributed by atoms with Crippen LogP contribution in [-0.4, -0.2) is 21.6 Å². The number of hydrogen-bond donors (Lipinski definition) is 1. The van der Waals surface area contributed by atoms with Crippen LogP contribution in [0.4, 0.5) is 0 Å². The predicted molar refractivity (Wildman–Crippen MR) is 96.7 cm³/mol. The summed E-state index contributed by atoms with van der Waals surface area (Å²) in [5.74, 6) is 0.476. The number of carbonyl (C=O) groups excluding carboxylic acids is 1. The van der Waals surface area contributed by atoms with Crippen molar-refractivity contribution in [3.05, 3.63) is 64.1 Å². The number of nitrogens with one attached hydrogen (secondary N) is 1. The molecule has 0 radical (unpaired) electrons. The minimum absolute atomic E-state index is 0.0326. The lowest BCUT2D eigenvalue weighted by Crippen LogP contribution is -2.28. The van der Waals surface area contributed by atoms with E-state index < -0.39 is 0 Å². The highest BCUT2D eigenvalue weighted by Gasteiger charge is 2.09.